The summed E-state index contributed by atoms with van der Waals surface area (Å²) in [6.45, 7) is 4.02. The van der Waals surface area contributed by atoms with Gasteiger partial charge in [-0.05, 0) is 49.5 Å². The van der Waals surface area contributed by atoms with E-state index in [1.807, 2.05) is 18.2 Å². The van der Waals surface area contributed by atoms with E-state index >= 15 is 0 Å². The van der Waals surface area contributed by atoms with Gasteiger partial charge >= 0.3 is 0 Å². The molecule has 4 rings (SSSR count). The molecule has 0 radical (unpaired) electrons. The van der Waals surface area contributed by atoms with Gasteiger partial charge in [0.25, 0.3) is 0 Å². The smallest absolute Gasteiger partial charge is 0.222 e. The minimum atomic E-state index is 0.253. The van der Waals surface area contributed by atoms with Crippen LogP contribution in [0, 0.1) is 17.3 Å². The summed E-state index contributed by atoms with van der Waals surface area (Å²) in [5.41, 5.74) is 0.253. The van der Waals surface area contributed by atoms with Crippen LogP contribution in [0.5, 0.6) is 5.88 Å². The maximum atomic E-state index is 12.4. The molecule has 1 amide bonds. The molecule has 0 bridgehead atoms. The highest BCUT2D eigenvalue weighted by molar-refractivity contribution is 5.76. The number of nitrogens with zero attached hydrogens (tertiary/aromatic N) is 2. The quantitative estimate of drug-likeness (QED) is 0.824. The van der Waals surface area contributed by atoms with Gasteiger partial charge in [-0.3, -0.25) is 4.79 Å². The van der Waals surface area contributed by atoms with E-state index < -0.39 is 0 Å². The Balaban J connectivity index is 1.34. The van der Waals surface area contributed by atoms with Crippen molar-refractivity contribution >= 4 is 5.91 Å². The van der Waals surface area contributed by atoms with Crippen LogP contribution in [0.2, 0.25) is 0 Å². The van der Waals surface area contributed by atoms with E-state index in [-0.39, 0.29) is 5.41 Å². The van der Waals surface area contributed by atoms with Crippen molar-refractivity contribution in [3.05, 3.63) is 24.4 Å². The standard InChI is InChI=1S/C20H28N2O3/c23-19(13-16-4-5-16)22-10-6-20(7-11-22)8-12-24-14-17(20)15-25-18-3-1-2-9-21-18/h1-3,9,16-17H,4-8,10-15H2. The summed E-state index contributed by atoms with van der Waals surface area (Å²) >= 11 is 0. The first kappa shape index (κ1) is 16.8. The molecule has 1 aromatic heterocycles. The minimum absolute atomic E-state index is 0.253. The summed E-state index contributed by atoms with van der Waals surface area (Å²) in [6, 6.07) is 5.74. The number of carbonyl (C=O) groups excluding carboxylic acids is 1. The number of aromatic nitrogens is 1. The molecule has 1 spiro atoms. The van der Waals surface area contributed by atoms with Gasteiger partial charge in [-0.2, -0.15) is 0 Å². The Labute approximate surface area is 149 Å². The molecular weight excluding hydrogens is 316 g/mol. The predicted octanol–water partition coefficient (Wildman–Crippen LogP) is 2.91. The monoisotopic (exact) mass is 344 g/mol. The summed E-state index contributed by atoms with van der Waals surface area (Å²) in [5, 5.41) is 0. The number of hydrogen-bond acceptors (Lipinski definition) is 4. The van der Waals surface area contributed by atoms with Crippen molar-refractivity contribution in [3.63, 3.8) is 0 Å². The highest BCUT2D eigenvalue weighted by Crippen LogP contribution is 2.45. The second kappa shape index (κ2) is 7.32. The van der Waals surface area contributed by atoms with Gasteiger partial charge in [0.1, 0.15) is 0 Å². The topological polar surface area (TPSA) is 51.7 Å². The zero-order chi connectivity index (χ0) is 17.1. The van der Waals surface area contributed by atoms with Crippen LogP contribution in [0.3, 0.4) is 0 Å². The van der Waals surface area contributed by atoms with Gasteiger partial charge in [0.15, 0.2) is 0 Å². The van der Waals surface area contributed by atoms with Crippen molar-refractivity contribution in [1.29, 1.82) is 0 Å². The molecule has 1 aromatic rings. The molecule has 0 aromatic carbocycles. The summed E-state index contributed by atoms with van der Waals surface area (Å²) in [6.07, 6.45) is 8.23. The van der Waals surface area contributed by atoms with Crippen molar-refractivity contribution in [2.45, 2.75) is 38.5 Å². The third kappa shape index (κ3) is 3.97. The maximum Gasteiger partial charge on any atom is 0.222 e. The van der Waals surface area contributed by atoms with Gasteiger partial charge in [-0.25, -0.2) is 4.98 Å². The number of carbonyl (C=O) groups is 1. The molecule has 136 valence electrons. The van der Waals surface area contributed by atoms with Gasteiger partial charge in [0.05, 0.1) is 13.2 Å². The molecular formula is C20H28N2O3. The normalized spacial score (nSPS) is 25.8. The van der Waals surface area contributed by atoms with Crippen LogP contribution >= 0.6 is 0 Å². The van der Waals surface area contributed by atoms with Crippen LogP contribution in [0.25, 0.3) is 0 Å². The van der Waals surface area contributed by atoms with Gasteiger partial charge in [-0.1, -0.05) is 6.07 Å². The molecule has 1 unspecified atom stereocenters. The lowest BCUT2D eigenvalue weighted by Crippen LogP contribution is -2.51. The fourth-order valence-corrected chi connectivity index (χ4v) is 4.28. The van der Waals surface area contributed by atoms with E-state index in [9.17, 15) is 4.79 Å². The summed E-state index contributed by atoms with van der Waals surface area (Å²) in [4.78, 5) is 18.7. The largest absolute Gasteiger partial charge is 0.477 e. The van der Waals surface area contributed by atoms with Crippen LogP contribution < -0.4 is 4.74 Å². The van der Waals surface area contributed by atoms with E-state index in [0.717, 1.165) is 52.0 Å². The van der Waals surface area contributed by atoms with Crippen molar-refractivity contribution < 1.29 is 14.3 Å². The summed E-state index contributed by atoms with van der Waals surface area (Å²) in [5.74, 6) is 2.10. The first-order valence-electron chi connectivity index (χ1n) is 9.64. The van der Waals surface area contributed by atoms with Crippen molar-refractivity contribution in [3.8, 4) is 5.88 Å². The fraction of sp³-hybridized carbons (Fsp3) is 0.700. The molecule has 5 heteroatoms. The van der Waals surface area contributed by atoms with E-state index in [1.165, 1.54) is 12.8 Å². The number of rotatable bonds is 5. The van der Waals surface area contributed by atoms with Crippen LogP contribution in [0.1, 0.15) is 38.5 Å². The first-order chi connectivity index (χ1) is 12.3. The molecule has 0 N–H and O–H groups in total. The Morgan fingerprint density at radius 1 is 1.28 bits per heavy atom. The van der Waals surface area contributed by atoms with E-state index in [0.29, 0.717) is 30.2 Å². The average Bonchev–Trinajstić information content (AvgIpc) is 3.46. The molecule has 2 saturated heterocycles. The third-order valence-electron chi connectivity index (χ3n) is 6.27. The van der Waals surface area contributed by atoms with E-state index in [1.54, 1.807) is 6.20 Å². The lowest BCUT2D eigenvalue weighted by Gasteiger charge is -2.48. The summed E-state index contributed by atoms with van der Waals surface area (Å²) in [7, 11) is 0. The zero-order valence-corrected chi connectivity index (χ0v) is 14.9. The number of piperidine rings is 1. The molecule has 3 fully saturated rings. The molecule has 25 heavy (non-hydrogen) atoms. The van der Waals surface area contributed by atoms with Gasteiger partial charge in [0.2, 0.25) is 11.8 Å². The Morgan fingerprint density at radius 2 is 2.12 bits per heavy atom. The minimum Gasteiger partial charge on any atom is -0.477 e. The second-order valence-corrected chi connectivity index (χ2v) is 7.89. The van der Waals surface area contributed by atoms with Crippen LogP contribution in [-0.4, -0.2) is 48.7 Å². The molecule has 3 aliphatic rings. The van der Waals surface area contributed by atoms with Crippen molar-refractivity contribution in [1.82, 2.24) is 9.88 Å². The molecule has 5 nitrogen and oxygen atoms in total. The van der Waals surface area contributed by atoms with Crippen LogP contribution in [0.4, 0.5) is 0 Å². The highest BCUT2D eigenvalue weighted by atomic mass is 16.5. The van der Waals surface area contributed by atoms with E-state index in [4.69, 9.17) is 9.47 Å². The van der Waals surface area contributed by atoms with Crippen molar-refractivity contribution in [2.75, 3.05) is 32.9 Å². The van der Waals surface area contributed by atoms with Gasteiger partial charge < -0.3 is 14.4 Å². The lowest BCUT2D eigenvalue weighted by molar-refractivity contribution is -0.138. The number of hydrogen-bond donors (Lipinski definition) is 0. The zero-order valence-electron chi connectivity index (χ0n) is 14.9. The first-order valence-corrected chi connectivity index (χ1v) is 9.64. The van der Waals surface area contributed by atoms with Crippen LogP contribution in [0.15, 0.2) is 24.4 Å². The Morgan fingerprint density at radius 3 is 2.84 bits per heavy atom. The fourth-order valence-electron chi connectivity index (χ4n) is 4.28. The number of amides is 1. The SMILES string of the molecule is O=C(CC1CC1)N1CCC2(CCOCC2COc2ccccn2)CC1. The maximum absolute atomic E-state index is 12.4. The van der Waals surface area contributed by atoms with Gasteiger partial charge in [0, 0.05) is 44.3 Å². The number of pyridine rings is 1. The van der Waals surface area contributed by atoms with Crippen LogP contribution in [-0.2, 0) is 9.53 Å². The predicted molar refractivity (Wildman–Crippen MR) is 94.2 cm³/mol. The molecule has 1 aliphatic carbocycles. The Hall–Kier alpha value is -1.62. The number of likely N-dealkylation sites (tertiary alicyclic amines) is 1. The third-order valence-corrected chi connectivity index (χ3v) is 6.27. The number of ether oxygens (including phenoxy) is 2. The Kier molecular flexibility index (Phi) is 4.93. The molecule has 2 aliphatic heterocycles. The molecule has 3 heterocycles. The average molecular weight is 344 g/mol. The van der Waals surface area contributed by atoms with E-state index in [2.05, 4.69) is 9.88 Å². The highest BCUT2D eigenvalue weighted by Gasteiger charge is 2.44. The summed E-state index contributed by atoms with van der Waals surface area (Å²) < 4.78 is 11.7. The van der Waals surface area contributed by atoms with Gasteiger partial charge in [-0.15, -0.1) is 0 Å². The van der Waals surface area contributed by atoms with Crippen molar-refractivity contribution in [2.24, 2.45) is 17.3 Å². The molecule has 1 saturated carbocycles. The Bertz CT molecular complexity index is 580. The second-order valence-electron chi connectivity index (χ2n) is 7.89. The molecule has 1 atom stereocenters. The lowest BCUT2D eigenvalue weighted by atomic mass is 9.66.